The Bertz CT molecular complexity index is 392. The SMILES string of the molecule is COc1ccc(Br)cc1C1CC1CNC(C)C. The van der Waals surface area contributed by atoms with Gasteiger partial charge in [0.1, 0.15) is 5.75 Å². The van der Waals surface area contributed by atoms with Crippen LogP contribution in [0.25, 0.3) is 0 Å². The van der Waals surface area contributed by atoms with Gasteiger partial charge in [-0.15, -0.1) is 0 Å². The van der Waals surface area contributed by atoms with Crippen molar-refractivity contribution < 1.29 is 4.74 Å². The minimum atomic E-state index is 0.570. The zero-order valence-corrected chi connectivity index (χ0v) is 12.3. The van der Waals surface area contributed by atoms with Crippen LogP contribution in [0.1, 0.15) is 31.7 Å². The first-order chi connectivity index (χ1) is 8.11. The van der Waals surface area contributed by atoms with Crippen LogP contribution >= 0.6 is 15.9 Å². The molecule has 17 heavy (non-hydrogen) atoms. The van der Waals surface area contributed by atoms with E-state index in [0.29, 0.717) is 12.0 Å². The Morgan fingerprint density at radius 3 is 2.88 bits per heavy atom. The molecule has 2 unspecified atom stereocenters. The lowest BCUT2D eigenvalue weighted by Gasteiger charge is -2.10. The molecule has 0 aromatic heterocycles. The Morgan fingerprint density at radius 2 is 2.24 bits per heavy atom. The summed E-state index contributed by atoms with van der Waals surface area (Å²) in [6.07, 6.45) is 1.27. The van der Waals surface area contributed by atoms with Crippen molar-refractivity contribution in [2.24, 2.45) is 5.92 Å². The maximum atomic E-state index is 5.43. The van der Waals surface area contributed by atoms with E-state index in [-0.39, 0.29) is 0 Å². The fraction of sp³-hybridized carbons (Fsp3) is 0.571. The van der Waals surface area contributed by atoms with Crippen LogP contribution in [-0.2, 0) is 0 Å². The third kappa shape index (κ3) is 3.23. The van der Waals surface area contributed by atoms with Gasteiger partial charge in [-0.25, -0.2) is 0 Å². The zero-order chi connectivity index (χ0) is 12.4. The van der Waals surface area contributed by atoms with Crippen LogP contribution in [0, 0.1) is 5.92 Å². The molecule has 1 aliphatic carbocycles. The van der Waals surface area contributed by atoms with E-state index in [2.05, 4.69) is 41.2 Å². The van der Waals surface area contributed by atoms with Crippen molar-refractivity contribution in [3.8, 4) is 5.75 Å². The van der Waals surface area contributed by atoms with Gasteiger partial charge >= 0.3 is 0 Å². The number of hydrogen-bond acceptors (Lipinski definition) is 2. The van der Waals surface area contributed by atoms with E-state index in [0.717, 1.165) is 22.7 Å². The van der Waals surface area contributed by atoms with E-state index in [1.54, 1.807) is 7.11 Å². The molecule has 1 saturated carbocycles. The second-order valence-electron chi connectivity index (χ2n) is 5.05. The lowest BCUT2D eigenvalue weighted by atomic mass is 10.1. The molecule has 2 rings (SSSR count). The zero-order valence-electron chi connectivity index (χ0n) is 10.7. The summed E-state index contributed by atoms with van der Waals surface area (Å²) in [5.74, 6) is 2.44. The lowest BCUT2D eigenvalue weighted by Crippen LogP contribution is -2.25. The van der Waals surface area contributed by atoms with Gasteiger partial charge in [-0.05, 0) is 48.6 Å². The Hall–Kier alpha value is -0.540. The molecule has 2 atom stereocenters. The summed E-state index contributed by atoms with van der Waals surface area (Å²) < 4.78 is 6.57. The largest absolute Gasteiger partial charge is 0.496 e. The molecule has 1 N–H and O–H groups in total. The van der Waals surface area contributed by atoms with Crippen LogP contribution in [0.15, 0.2) is 22.7 Å². The van der Waals surface area contributed by atoms with Gasteiger partial charge in [-0.2, -0.15) is 0 Å². The standard InChI is InChI=1S/C14H20BrNO/c1-9(2)16-8-10-6-12(10)13-7-11(15)4-5-14(13)17-3/h4-5,7,9-10,12,16H,6,8H2,1-3H3. The van der Waals surface area contributed by atoms with Gasteiger partial charge in [0.25, 0.3) is 0 Å². The van der Waals surface area contributed by atoms with Gasteiger partial charge < -0.3 is 10.1 Å². The van der Waals surface area contributed by atoms with Crippen LogP contribution in [0.3, 0.4) is 0 Å². The molecule has 0 heterocycles. The predicted octanol–water partition coefficient (Wildman–Crippen LogP) is 3.56. The van der Waals surface area contributed by atoms with Crippen molar-refractivity contribution in [1.29, 1.82) is 0 Å². The van der Waals surface area contributed by atoms with E-state index in [9.17, 15) is 0 Å². The predicted molar refractivity (Wildman–Crippen MR) is 74.7 cm³/mol. The first-order valence-corrected chi connectivity index (χ1v) is 6.98. The van der Waals surface area contributed by atoms with Crippen molar-refractivity contribution in [3.63, 3.8) is 0 Å². The van der Waals surface area contributed by atoms with E-state index in [4.69, 9.17) is 4.74 Å². The highest BCUT2D eigenvalue weighted by molar-refractivity contribution is 9.10. The number of rotatable bonds is 5. The lowest BCUT2D eigenvalue weighted by molar-refractivity contribution is 0.408. The van der Waals surface area contributed by atoms with Gasteiger partial charge in [-0.1, -0.05) is 29.8 Å². The molecule has 0 spiro atoms. The van der Waals surface area contributed by atoms with E-state index < -0.39 is 0 Å². The Balaban J connectivity index is 2.02. The number of ether oxygens (including phenoxy) is 1. The number of hydrogen-bond donors (Lipinski definition) is 1. The summed E-state index contributed by atoms with van der Waals surface area (Å²) in [4.78, 5) is 0. The summed E-state index contributed by atoms with van der Waals surface area (Å²) in [5, 5.41) is 3.51. The fourth-order valence-corrected chi connectivity index (χ4v) is 2.61. The van der Waals surface area contributed by atoms with Crippen LogP contribution in [0.4, 0.5) is 0 Å². The van der Waals surface area contributed by atoms with Gasteiger partial charge in [0, 0.05) is 10.5 Å². The Labute approximate surface area is 112 Å². The maximum absolute atomic E-state index is 5.43. The average Bonchev–Trinajstić information content (AvgIpc) is 3.05. The second kappa shape index (κ2) is 5.40. The summed E-state index contributed by atoms with van der Waals surface area (Å²) >= 11 is 3.53. The third-order valence-electron chi connectivity index (χ3n) is 3.30. The van der Waals surface area contributed by atoms with Crippen LogP contribution in [-0.4, -0.2) is 19.7 Å². The summed E-state index contributed by atoms with van der Waals surface area (Å²) in [6.45, 7) is 5.49. The molecule has 0 bridgehead atoms. The number of halogens is 1. The van der Waals surface area contributed by atoms with E-state index in [1.807, 2.05) is 12.1 Å². The highest BCUT2D eigenvalue weighted by Crippen LogP contribution is 2.50. The van der Waals surface area contributed by atoms with Crippen molar-refractivity contribution in [1.82, 2.24) is 5.32 Å². The minimum absolute atomic E-state index is 0.570. The van der Waals surface area contributed by atoms with Crippen molar-refractivity contribution >= 4 is 15.9 Å². The maximum Gasteiger partial charge on any atom is 0.122 e. The Kier molecular flexibility index (Phi) is 4.10. The first-order valence-electron chi connectivity index (χ1n) is 6.18. The molecule has 1 aliphatic rings. The summed E-state index contributed by atoms with van der Waals surface area (Å²) in [7, 11) is 1.75. The highest BCUT2D eigenvalue weighted by atomic mass is 79.9. The molecule has 0 saturated heterocycles. The van der Waals surface area contributed by atoms with E-state index in [1.165, 1.54) is 12.0 Å². The molecule has 1 aromatic carbocycles. The monoisotopic (exact) mass is 297 g/mol. The smallest absolute Gasteiger partial charge is 0.122 e. The van der Waals surface area contributed by atoms with Gasteiger partial charge in [0.2, 0.25) is 0 Å². The molecule has 94 valence electrons. The highest BCUT2D eigenvalue weighted by Gasteiger charge is 2.39. The molecular weight excluding hydrogens is 278 g/mol. The molecule has 1 aromatic rings. The van der Waals surface area contributed by atoms with Crippen molar-refractivity contribution in [3.05, 3.63) is 28.2 Å². The van der Waals surface area contributed by atoms with Crippen LogP contribution in [0.2, 0.25) is 0 Å². The van der Waals surface area contributed by atoms with Gasteiger partial charge in [-0.3, -0.25) is 0 Å². The molecule has 0 radical (unpaired) electrons. The first kappa shape index (κ1) is 12.9. The molecule has 0 amide bonds. The van der Waals surface area contributed by atoms with Crippen LogP contribution in [0.5, 0.6) is 5.75 Å². The molecular formula is C14H20BrNO. The third-order valence-corrected chi connectivity index (χ3v) is 3.80. The van der Waals surface area contributed by atoms with Crippen molar-refractivity contribution in [2.75, 3.05) is 13.7 Å². The molecule has 1 fully saturated rings. The van der Waals surface area contributed by atoms with Gasteiger partial charge in [0.15, 0.2) is 0 Å². The van der Waals surface area contributed by atoms with Crippen molar-refractivity contribution in [2.45, 2.75) is 32.2 Å². The molecule has 3 heteroatoms. The molecule has 0 aliphatic heterocycles. The normalized spacial score (nSPS) is 22.9. The fourth-order valence-electron chi connectivity index (χ4n) is 2.24. The number of benzene rings is 1. The number of methoxy groups -OCH3 is 1. The second-order valence-corrected chi connectivity index (χ2v) is 5.97. The van der Waals surface area contributed by atoms with E-state index >= 15 is 0 Å². The Morgan fingerprint density at radius 1 is 1.47 bits per heavy atom. The summed E-state index contributed by atoms with van der Waals surface area (Å²) in [6, 6.07) is 6.84. The number of nitrogens with one attached hydrogen (secondary N) is 1. The van der Waals surface area contributed by atoms with Gasteiger partial charge in [0.05, 0.1) is 7.11 Å². The molecule has 2 nitrogen and oxygen atoms in total. The summed E-state index contributed by atoms with van der Waals surface area (Å²) in [5.41, 5.74) is 1.34. The average molecular weight is 298 g/mol. The van der Waals surface area contributed by atoms with Crippen LogP contribution < -0.4 is 10.1 Å². The quantitative estimate of drug-likeness (QED) is 0.897. The topological polar surface area (TPSA) is 21.3 Å². The minimum Gasteiger partial charge on any atom is -0.496 e.